The molecular formula is C19H25N3O3S. The standard InChI is InChI=1S/C12H19N.C7H6N2O3S/c1-4-11-5-7-12(8-6-11)13-9-10(2)3;10-13(11,12)5-1-2-6-7(3-5)9-4-8-6/h5-8,10,13H,4,9H2,1-3H3;1-4H,(H,8,9)(H,10,11,12). The normalized spacial score (nSPS) is 11.3. The van der Waals surface area contributed by atoms with E-state index in [4.69, 9.17) is 4.55 Å². The van der Waals surface area contributed by atoms with E-state index in [0.29, 0.717) is 17.0 Å². The van der Waals surface area contributed by atoms with Gasteiger partial charge in [-0.3, -0.25) is 4.55 Å². The first-order valence-electron chi connectivity index (χ1n) is 8.53. The van der Waals surface area contributed by atoms with Crippen LogP contribution < -0.4 is 5.32 Å². The summed E-state index contributed by atoms with van der Waals surface area (Å²) < 4.78 is 30.2. The van der Waals surface area contributed by atoms with E-state index >= 15 is 0 Å². The molecule has 7 heteroatoms. The number of hydrogen-bond donors (Lipinski definition) is 3. The van der Waals surface area contributed by atoms with Crippen LogP contribution in [0.4, 0.5) is 5.69 Å². The monoisotopic (exact) mass is 375 g/mol. The maximum Gasteiger partial charge on any atom is 0.294 e. The second-order valence-corrected chi connectivity index (χ2v) is 7.80. The third-order valence-electron chi connectivity index (χ3n) is 3.77. The Morgan fingerprint density at radius 3 is 2.42 bits per heavy atom. The summed E-state index contributed by atoms with van der Waals surface area (Å²) in [6.45, 7) is 7.66. The average Bonchev–Trinajstić information content (AvgIpc) is 3.08. The van der Waals surface area contributed by atoms with Crippen molar-refractivity contribution in [3.8, 4) is 0 Å². The molecule has 0 unspecified atom stereocenters. The van der Waals surface area contributed by atoms with Crippen molar-refractivity contribution in [2.75, 3.05) is 11.9 Å². The molecule has 0 aliphatic rings. The zero-order valence-electron chi connectivity index (χ0n) is 15.2. The molecule has 26 heavy (non-hydrogen) atoms. The van der Waals surface area contributed by atoms with Crippen LogP contribution in [0.5, 0.6) is 0 Å². The third-order valence-corrected chi connectivity index (χ3v) is 4.62. The minimum Gasteiger partial charge on any atom is -0.385 e. The summed E-state index contributed by atoms with van der Waals surface area (Å²) in [6, 6.07) is 12.8. The highest BCUT2D eigenvalue weighted by atomic mass is 32.2. The fourth-order valence-electron chi connectivity index (χ4n) is 2.26. The molecule has 0 radical (unpaired) electrons. The smallest absolute Gasteiger partial charge is 0.294 e. The molecule has 3 aromatic rings. The quantitative estimate of drug-likeness (QED) is 0.583. The van der Waals surface area contributed by atoms with Gasteiger partial charge in [-0.2, -0.15) is 8.42 Å². The van der Waals surface area contributed by atoms with Gasteiger partial charge in [0.25, 0.3) is 10.1 Å². The number of imidazole rings is 1. The molecule has 0 atom stereocenters. The van der Waals surface area contributed by atoms with E-state index in [0.717, 1.165) is 13.0 Å². The summed E-state index contributed by atoms with van der Waals surface area (Å²) in [5, 5.41) is 3.40. The van der Waals surface area contributed by atoms with Crippen LogP contribution >= 0.6 is 0 Å². The first kappa shape index (κ1) is 19.9. The lowest BCUT2D eigenvalue weighted by Gasteiger charge is -2.08. The molecule has 1 heterocycles. The van der Waals surface area contributed by atoms with Crippen LogP contribution in [0.2, 0.25) is 0 Å². The van der Waals surface area contributed by atoms with Gasteiger partial charge in [0, 0.05) is 12.2 Å². The van der Waals surface area contributed by atoms with Gasteiger partial charge in [-0.1, -0.05) is 32.9 Å². The van der Waals surface area contributed by atoms with Crippen molar-refractivity contribution in [1.82, 2.24) is 9.97 Å². The summed E-state index contributed by atoms with van der Waals surface area (Å²) in [7, 11) is -4.12. The number of nitrogens with zero attached hydrogens (tertiary/aromatic N) is 1. The summed E-state index contributed by atoms with van der Waals surface area (Å²) >= 11 is 0. The SMILES string of the molecule is CCc1ccc(NCC(C)C)cc1.O=S(=O)(O)c1ccc2nc[nH]c2c1. The van der Waals surface area contributed by atoms with Gasteiger partial charge in [0.15, 0.2) is 0 Å². The molecule has 3 N–H and O–H groups in total. The van der Waals surface area contributed by atoms with Gasteiger partial charge in [-0.25, -0.2) is 4.98 Å². The van der Waals surface area contributed by atoms with Crippen molar-refractivity contribution in [3.63, 3.8) is 0 Å². The minimum absolute atomic E-state index is 0.135. The average molecular weight is 375 g/mol. The molecule has 1 aromatic heterocycles. The Kier molecular flexibility index (Phi) is 6.76. The molecular weight excluding hydrogens is 350 g/mol. The predicted molar refractivity (Wildman–Crippen MR) is 105 cm³/mol. The second kappa shape index (κ2) is 8.82. The lowest BCUT2D eigenvalue weighted by molar-refractivity contribution is 0.483. The van der Waals surface area contributed by atoms with Gasteiger partial charge in [0.2, 0.25) is 0 Å². The highest BCUT2D eigenvalue weighted by molar-refractivity contribution is 7.85. The molecule has 0 bridgehead atoms. The maximum atomic E-state index is 10.7. The minimum atomic E-state index is -4.12. The van der Waals surface area contributed by atoms with E-state index in [1.54, 1.807) is 0 Å². The van der Waals surface area contributed by atoms with E-state index < -0.39 is 10.1 Å². The molecule has 0 aliphatic heterocycles. The molecule has 0 aliphatic carbocycles. The van der Waals surface area contributed by atoms with Crippen molar-refractivity contribution in [2.24, 2.45) is 5.92 Å². The summed E-state index contributed by atoms with van der Waals surface area (Å²) in [5.41, 5.74) is 3.86. The highest BCUT2D eigenvalue weighted by Crippen LogP contribution is 2.15. The van der Waals surface area contributed by atoms with E-state index in [9.17, 15) is 8.42 Å². The van der Waals surface area contributed by atoms with E-state index in [2.05, 4.69) is 60.3 Å². The van der Waals surface area contributed by atoms with Crippen molar-refractivity contribution < 1.29 is 13.0 Å². The lowest BCUT2D eigenvalue weighted by Crippen LogP contribution is -2.07. The second-order valence-electron chi connectivity index (χ2n) is 6.38. The van der Waals surface area contributed by atoms with Crippen LogP contribution in [0, 0.1) is 5.92 Å². The number of aromatic nitrogens is 2. The van der Waals surface area contributed by atoms with Gasteiger partial charge in [-0.05, 0) is 48.2 Å². The van der Waals surface area contributed by atoms with Crippen LogP contribution in [0.1, 0.15) is 26.3 Å². The first-order chi connectivity index (χ1) is 12.3. The Hall–Kier alpha value is -2.38. The van der Waals surface area contributed by atoms with Crippen molar-refractivity contribution in [2.45, 2.75) is 32.1 Å². The van der Waals surface area contributed by atoms with Gasteiger partial charge >= 0.3 is 0 Å². The zero-order chi connectivity index (χ0) is 19.2. The Labute approximate surface area is 154 Å². The van der Waals surface area contributed by atoms with Gasteiger partial charge in [-0.15, -0.1) is 0 Å². The van der Waals surface area contributed by atoms with Crippen LogP contribution in [-0.2, 0) is 16.5 Å². The molecule has 0 fully saturated rings. The van der Waals surface area contributed by atoms with Crippen molar-refractivity contribution >= 4 is 26.8 Å². The largest absolute Gasteiger partial charge is 0.385 e. The number of aryl methyl sites for hydroxylation is 1. The van der Waals surface area contributed by atoms with Crippen molar-refractivity contribution in [3.05, 3.63) is 54.4 Å². The number of hydrogen-bond acceptors (Lipinski definition) is 4. The Morgan fingerprint density at radius 2 is 1.85 bits per heavy atom. The first-order valence-corrected chi connectivity index (χ1v) is 9.97. The van der Waals surface area contributed by atoms with Crippen LogP contribution in [0.15, 0.2) is 53.7 Å². The molecule has 0 saturated carbocycles. The summed E-state index contributed by atoms with van der Waals surface area (Å²) in [4.78, 5) is 6.52. The molecule has 0 saturated heterocycles. The lowest BCUT2D eigenvalue weighted by atomic mass is 10.1. The molecule has 2 aromatic carbocycles. The molecule has 3 rings (SSSR count). The number of rotatable bonds is 5. The van der Waals surface area contributed by atoms with E-state index in [-0.39, 0.29) is 4.90 Å². The Morgan fingerprint density at radius 1 is 1.15 bits per heavy atom. The fraction of sp³-hybridized carbons (Fsp3) is 0.316. The van der Waals surface area contributed by atoms with E-state index in [1.807, 2.05) is 0 Å². The van der Waals surface area contributed by atoms with Crippen LogP contribution in [-0.4, -0.2) is 29.5 Å². The molecule has 0 spiro atoms. The topological polar surface area (TPSA) is 95.1 Å². The number of nitrogens with one attached hydrogen (secondary N) is 2. The van der Waals surface area contributed by atoms with Crippen LogP contribution in [0.25, 0.3) is 11.0 Å². The molecule has 6 nitrogen and oxygen atoms in total. The summed E-state index contributed by atoms with van der Waals surface area (Å²) in [5.74, 6) is 0.700. The Balaban J connectivity index is 0.000000187. The number of anilines is 1. The van der Waals surface area contributed by atoms with Gasteiger partial charge < -0.3 is 10.3 Å². The van der Waals surface area contributed by atoms with Gasteiger partial charge in [0.1, 0.15) is 0 Å². The number of benzene rings is 2. The summed E-state index contributed by atoms with van der Waals surface area (Å²) in [6.07, 6.45) is 2.57. The number of aromatic amines is 1. The van der Waals surface area contributed by atoms with Crippen molar-refractivity contribution in [1.29, 1.82) is 0 Å². The fourth-order valence-corrected chi connectivity index (χ4v) is 2.76. The Bertz CT molecular complexity index is 932. The zero-order valence-corrected chi connectivity index (χ0v) is 16.0. The maximum absolute atomic E-state index is 10.7. The van der Waals surface area contributed by atoms with E-state index in [1.165, 1.54) is 35.8 Å². The highest BCUT2D eigenvalue weighted by Gasteiger charge is 2.09. The number of fused-ring (bicyclic) bond motifs is 1. The molecule has 0 amide bonds. The predicted octanol–water partition coefficient (Wildman–Crippen LogP) is 4.13. The molecule has 140 valence electrons. The van der Waals surface area contributed by atoms with Gasteiger partial charge in [0.05, 0.1) is 22.3 Å². The third kappa shape index (κ3) is 5.86. The number of H-pyrrole nitrogens is 1. The van der Waals surface area contributed by atoms with Crippen LogP contribution in [0.3, 0.4) is 0 Å².